The van der Waals surface area contributed by atoms with Crippen LogP contribution in [-0.4, -0.2) is 23.1 Å². The normalized spacial score (nSPS) is 13.2. The molecule has 0 radical (unpaired) electrons. The maximum atomic E-state index is 13.7. The molecule has 0 saturated carbocycles. The number of aliphatic hydroxyl groups excluding tert-OH is 1. The molecule has 2 aromatic carbocycles. The Bertz CT molecular complexity index is 703. The van der Waals surface area contributed by atoms with Crippen molar-refractivity contribution in [1.82, 2.24) is 0 Å². The highest BCUT2D eigenvalue weighted by Crippen LogP contribution is 2.28. The first-order chi connectivity index (χ1) is 11.3. The Balaban J connectivity index is 1.98. The molecule has 0 aliphatic heterocycles. The smallest absolute Gasteiger partial charge is 0.166 e. The van der Waals surface area contributed by atoms with Crippen LogP contribution in [0.5, 0.6) is 17.2 Å². The fourth-order valence-corrected chi connectivity index (χ4v) is 2.36. The van der Waals surface area contributed by atoms with Crippen LogP contribution >= 0.6 is 15.9 Å². The van der Waals surface area contributed by atoms with E-state index in [4.69, 9.17) is 9.47 Å². The second-order valence-corrected chi connectivity index (χ2v) is 6.36. The molecule has 0 aliphatic carbocycles. The molecule has 0 amide bonds. The zero-order valence-corrected chi connectivity index (χ0v) is 14.9. The Morgan fingerprint density at radius 2 is 1.83 bits per heavy atom. The lowest BCUT2D eigenvalue weighted by molar-refractivity contribution is -0.120. The summed E-state index contributed by atoms with van der Waals surface area (Å²) in [5.74, 6) is 0.537. The Hall–Kier alpha value is -1.92. The number of benzene rings is 2. The molecule has 24 heavy (non-hydrogen) atoms. The molecule has 0 aromatic heterocycles. The van der Waals surface area contributed by atoms with E-state index in [9.17, 15) is 14.3 Å². The van der Waals surface area contributed by atoms with Crippen molar-refractivity contribution in [1.29, 1.82) is 0 Å². The summed E-state index contributed by atoms with van der Waals surface area (Å²) in [4.78, 5) is 11.0. The number of rotatable bonds is 7. The van der Waals surface area contributed by atoms with Gasteiger partial charge in [-0.1, -0.05) is 15.9 Å². The number of ether oxygens (including phenoxy) is 2. The first-order valence-electron chi connectivity index (χ1n) is 7.42. The molecule has 0 spiro atoms. The van der Waals surface area contributed by atoms with Crippen LogP contribution in [0.15, 0.2) is 46.9 Å². The Morgan fingerprint density at radius 1 is 1.21 bits per heavy atom. The highest BCUT2D eigenvalue weighted by atomic mass is 79.9. The van der Waals surface area contributed by atoms with Crippen molar-refractivity contribution in [3.63, 3.8) is 0 Å². The number of hydrogen-bond acceptors (Lipinski definition) is 4. The number of hydrogen-bond donors (Lipinski definition) is 1. The van der Waals surface area contributed by atoms with E-state index < -0.39 is 18.0 Å². The van der Waals surface area contributed by atoms with Gasteiger partial charge in [0.25, 0.3) is 0 Å². The standard InChI is InChI=1S/C18H18BrFO4/c1-11(21)9-17(22)12(2)23-14-4-6-15(7-5-14)24-18-8-3-13(19)10-16(18)20/h3-8,10,12,17,22H,9H2,1-2H3. The number of ketones is 1. The zero-order chi connectivity index (χ0) is 17.7. The van der Waals surface area contributed by atoms with Crippen LogP contribution < -0.4 is 9.47 Å². The molecule has 0 aliphatic rings. The molecule has 0 fully saturated rings. The third-order valence-corrected chi connectivity index (χ3v) is 3.80. The monoisotopic (exact) mass is 396 g/mol. The summed E-state index contributed by atoms with van der Waals surface area (Å²) in [7, 11) is 0. The van der Waals surface area contributed by atoms with Gasteiger partial charge in [0.05, 0.1) is 6.10 Å². The van der Waals surface area contributed by atoms with Gasteiger partial charge in [-0.25, -0.2) is 4.39 Å². The lowest BCUT2D eigenvalue weighted by Gasteiger charge is -2.19. The van der Waals surface area contributed by atoms with E-state index in [1.54, 1.807) is 37.3 Å². The number of carbonyl (C=O) groups excluding carboxylic acids is 1. The van der Waals surface area contributed by atoms with Gasteiger partial charge < -0.3 is 14.6 Å². The van der Waals surface area contributed by atoms with Crippen molar-refractivity contribution in [3.05, 3.63) is 52.8 Å². The van der Waals surface area contributed by atoms with Crippen molar-refractivity contribution in [3.8, 4) is 17.2 Å². The van der Waals surface area contributed by atoms with Crippen LogP contribution in [0.2, 0.25) is 0 Å². The zero-order valence-electron chi connectivity index (χ0n) is 13.3. The molecule has 1 N–H and O–H groups in total. The van der Waals surface area contributed by atoms with Gasteiger partial charge in [-0.05, 0) is 56.3 Å². The van der Waals surface area contributed by atoms with Crippen molar-refractivity contribution in [2.24, 2.45) is 0 Å². The van der Waals surface area contributed by atoms with Crippen LogP contribution in [0, 0.1) is 5.82 Å². The van der Waals surface area contributed by atoms with E-state index in [2.05, 4.69) is 15.9 Å². The van der Waals surface area contributed by atoms with Gasteiger partial charge in [0, 0.05) is 10.9 Å². The molecular formula is C18H18BrFO4. The molecule has 2 aromatic rings. The van der Waals surface area contributed by atoms with Crippen molar-refractivity contribution in [2.75, 3.05) is 0 Å². The molecule has 0 saturated heterocycles. The van der Waals surface area contributed by atoms with Gasteiger partial charge in [-0.3, -0.25) is 4.79 Å². The molecule has 0 bridgehead atoms. The van der Waals surface area contributed by atoms with Crippen molar-refractivity contribution in [2.45, 2.75) is 32.5 Å². The van der Waals surface area contributed by atoms with E-state index in [-0.39, 0.29) is 18.0 Å². The van der Waals surface area contributed by atoms with Gasteiger partial charge >= 0.3 is 0 Å². The quantitative estimate of drug-likeness (QED) is 0.748. The molecule has 6 heteroatoms. The van der Waals surface area contributed by atoms with Crippen LogP contribution in [0.4, 0.5) is 4.39 Å². The topological polar surface area (TPSA) is 55.8 Å². The summed E-state index contributed by atoms with van der Waals surface area (Å²) in [6, 6.07) is 11.1. The molecule has 0 heterocycles. The second-order valence-electron chi connectivity index (χ2n) is 5.44. The van der Waals surface area contributed by atoms with Crippen LogP contribution in [0.25, 0.3) is 0 Å². The van der Waals surface area contributed by atoms with Gasteiger partial charge in [-0.15, -0.1) is 0 Å². The lowest BCUT2D eigenvalue weighted by atomic mass is 10.1. The van der Waals surface area contributed by atoms with E-state index in [1.165, 1.54) is 19.1 Å². The summed E-state index contributed by atoms with van der Waals surface area (Å²) >= 11 is 3.19. The fourth-order valence-electron chi connectivity index (χ4n) is 2.02. The predicted octanol–water partition coefficient (Wildman–Crippen LogP) is 4.49. The molecule has 2 rings (SSSR count). The van der Waals surface area contributed by atoms with Gasteiger partial charge in [-0.2, -0.15) is 0 Å². The Labute approximate surface area is 148 Å². The highest BCUT2D eigenvalue weighted by molar-refractivity contribution is 9.10. The summed E-state index contributed by atoms with van der Waals surface area (Å²) in [5.41, 5.74) is 0. The molecule has 128 valence electrons. The largest absolute Gasteiger partial charge is 0.488 e. The number of halogens is 2. The summed E-state index contributed by atoms with van der Waals surface area (Å²) in [6.45, 7) is 3.11. The van der Waals surface area contributed by atoms with Crippen molar-refractivity contribution < 1.29 is 23.8 Å². The van der Waals surface area contributed by atoms with E-state index in [1.807, 2.05) is 0 Å². The number of aliphatic hydroxyl groups is 1. The van der Waals surface area contributed by atoms with E-state index in [0.29, 0.717) is 16.0 Å². The minimum Gasteiger partial charge on any atom is -0.488 e. The van der Waals surface area contributed by atoms with Gasteiger partial charge in [0.1, 0.15) is 23.4 Å². The third-order valence-electron chi connectivity index (χ3n) is 3.31. The number of Topliss-reactive ketones (excluding diaryl/α,β-unsaturated/α-hetero) is 1. The first kappa shape index (κ1) is 18.4. The summed E-state index contributed by atoms with van der Waals surface area (Å²) in [5, 5.41) is 9.84. The van der Waals surface area contributed by atoms with E-state index in [0.717, 1.165) is 0 Å². The highest BCUT2D eigenvalue weighted by Gasteiger charge is 2.17. The minimum absolute atomic E-state index is 0.0468. The average molecular weight is 397 g/mol. The average Bonchev–Trinajstić information content (AvgIpc) is 2.51. The van der Waals surface area contributed by atoms with Crippen LogP contribution in [0.3, 0.4) is 0 Å². The fraction of sp³-hybridized carbons (Fsp3) is 0.278. The minimum atomic E-state index is -0.865. The number of carbonyl (C=O) groups is 1. The maximum absolute atomic E-state index is 13.7. The summed E-state index contributed by atoms with van der Waals surface area (Å²) < 4.78 is 25.4. The Kier molecular flexibility index (Phi) is 6.34. The summed E-state index contributed by atoms with van der Waals surface area (Å²) in [6.07, 6.45) is -1.34. The first-order valence-corrected chi connectivity index (χ1v) is 8.21. The van der Waals surface area contributed by atoms with Gasteiger partial charge in [0.15, 0.2) is 11.6 Å². The van der Waals surface area contributed by atoms with Crippen LogP contribution in [0.1, 0.15) is 20.3 Å². The van der Waals surface area contributed by atoms with Gasteiger partial charge in [0.2, 0.25) is 0 Å². The molecule has 2 unspecified atom stereocenters. The third kappa shape index (κ3) is 5.32. The van der Waals surface area contributed by atoms with E-state index >= 15 is 0 Å². The Morgan fingerprint density at radius 3 is 2.42 bits per heavy atom. The van der Waals surface area contributed by atoms with Crippen molar-refractivity contribution >= 4 is 21.7 Å². The van der Waals surface area contributed by atoms with Crippen LogP contribution in [-0.2, 0) is 4.79 Å². The SMILES string of the molecule is CC(=O)CC(O)C(C)Oc1ccc(Oc2ccc(Br)cc2F)cc1. The molecular weight excluding hydrogens is 379 g/mol. The molecule has 4 nitrogen and oxygen atoms in total. The lowest BCUT2D eigenvalue weighted by Crippen LogP contribution is -2.30. The molecule has 2 atom stereocenters. The maximum Gasteiger partial charge on any atom is 0.166 e. The second kappa shape index (κ2) is 8.26. The predicted molar refractivity (Wildman–Crippen MR) is 92.0 cm³/mol.